The zero-order valence-corrected chi connectivity index (χ0v) is 9.38. The predicted molar refractivity (Wildman–Crippen MR) is 58.7 cm³/mol. The van der Waals surface area contributed by atoms with E-state index in [0.717, 1.165) is 10.4 Å². The molecule has 0 fully saturated rings. The third-order valence-electron chi connectivity index (χ3n) is 2.13. The lowest BCUT2D eigenvalue weighted by Gasteiger charge is -2.18. The summed E-state index contributed by atoms with van der Waals surface area (Å²) in [6, 6.07) is 3.81. The number of sulfonamides is 1. The van der Waals surface area contributed by atoms with Crippen molar-refractivity contribution in [2.24, 2.45) is 0 Å². The Bertz CT molecular complexity index is 459. The molecule has 0 aromatic heterocycles. The van der Waals surface area contributed by atoms with Gasteiger partial charge in [-0.3, -0.25) is 4.31 Å². The van der Waals surface area contributed by atoms with Gasteiger partial charge in [0.25, 0.3) is 0 Å². The van der Waals surface area contributed by atoms with Crippen LogP contribution in [0.2, 0.25) is 0 Å². The molecule has 0 saturated carbocycles. The highest BCUT2D eigenvalue weighted by Crippen LogP contribution is 2.21. The zero-order valence-electron chi connectivity index (χ0n) is 8.57. The number of rotatable bonds is 3. The number of benzene rings is 1. The third kappa shape index (κ3) is 2.38. The molecule has 0 spiro atoms. The van der Waals surface area contributed by atoms with E-state index in [1.54, 1.807) is 6.92 Å². The summed E-state index contributed by atoms with van der Waals surface area (Å²) in [4.78, 5) is 0. The first-order valence-electron chi connectivity index (χ1n) is 4.40. The maximum absolute atomic E-state index is 12.8. The van der Waals surface area contributed by atoms with E-state index in [-0.39, 0.29) is 11.4 Å². The number of nitrogens with two attached hydrogens (primary N) is 1. The lowest BCUT2D eigenvalue weighted by molar-refractivity contribution is 0.595. The molecule has 0 radical (unpaired) electrons. The minimum Gasteiger partial charge on any atom is -0.396 e. The lowest BCUT2D eigenvalue weighted by atomic mass is 10.3. The summed E-state index contributed by atoms with van der Waals surface area (Å²) < 4.78 is 36.9. The Kier molecular flexibility index (Phi) is 3.18. The second kappa shape index (κ2) is 4.06. The van der Waals surface area contributed by atoms with Crippen LogP contribution in [0, 0.1) is 5.82 Å². The highest BCUT2D eigenvalue weighted by atomic mass is 32.2. The normalized spacial score (nSPS) is 11.4. The molecule has 84 valence electrons. The van der Waals surface area contributed by atoms with Crippen molar-refractivity contribution in [1.29, 1.82) is 0 Å². The van der Waals surface area contributed by atoms with Crippen molar-refractivity contribution in [1.82, 2.24) is 0 Å². The fourth-order valence-electron chi connectivity index (χ4n) is 1.08. The quantitative estimate of drug-likeness (QED) is 0.796. The first-order valence-corrected chi connectivity index (χ1v) is 6.01. The predicted octanol–water partition coefficient (Wildman–Crippen LogP) is 1.19. The molecular formula is C9H13FN2O2S. The van der Waals surface area contributed by atoms with Gasteiger partial charge in [0.15, 0.2) is 0 Å². The number of nitrogen functional groups attached to an aromatic ring is 1. The Morgan fingerprint density at radius 2 is 2.07 bits per heavy atom. The summed E-state index contributed by atoms with van der Waals surface area (Å²) in [5.41, 5.74) is 5.64. The molecule has 0 amide bonds. The van der Waals surface area contributed by atoms with Gasteiger partial charge in [0, 0.05) is 7.05 Å². The minimum atomic E-state index is -3.33. The van der Waals surface area contributed by atoms with E-state index in [9.17, 15) is 12.8 Å². The monoisotopic (exact) mass is 232 g/mol. The summed E-state index contributed by atoms with van der Waals surface area (Å²) in [5, 5.41) is 0. The zero-order chi connectivity index (χ0) is 11.6. The molecule has 0 aliphatic rings. The Labute approximate surface area is 88.6 Å². The highest BCUT2D eigenvalue weighted by Gasteiger charge is 2.16. The van der Waals surface area contributed by atoms with E-state index in [4.69, 9.17) is 5.73 Å². The lowest BCUT2D eigenvalue weighted by Crippen LogP contribution is -2.28. The number of anilines is 2. The number of hydrogen-bond donors (Lipinski definition) is 1. The number of hydrogen-bond acceptors (Lipinski definition) is 3. The van der Waals surface area contributed by atoms with Crippen molar-refractivity contribution in [2.75, 3.05) is 22.8 Å². The molecule has 1 rings (SSSR count). The molecule has 6 heteroatoms. The van der Waals surface area contributed by atoms with Crippen LogP contribution in [0.15, 0.2) is 18.2 Å². The van der Waals surface area contributed by atoms with Crippen LogP contribution >= 0.6 is 0 Å². The molecule has 0 saturated heterocycles. The maximum atomic E-state index is 12.8. The van der Waals surface area contributed by atoms with Gasteiger partial charge in [-0.05, 0) is 25.1 Å². The van der Waals surface area contributed by atoms with E-state index in [2.05, 4.69) is 0 Å². The van der Waals surface area contributed by atoms with Gasteiger partial charge < -0.3 is 5.73 Å². The SMILES string of the molecule is CCS(=O)(=O)N(C)c1ccc(F)c(N)c1. The Morgan fingerprint density at radius 3 is 2.53 bits per heavy atom. The molecule has 0 unspecified atom stereocenters. The summed E-state index contributed by atoms with van der Waals surface area (Å²) in [6.07, 6.45) is 0. The average Bonchev–Trinajstić information content (AvgIpc) is 2.21. The molecule has 4 nitrogen and oxygen atoms in total. The highest BCUT2D eigenvalue weighted by molar-refractivity contribution is 7.92. The molecule has 1 aromatic carbocycles. The second-order valence-corrected chi connectivity index (χ2v) is 5.36. The molecule has 1 aromatic rings. The smallest absolute Gasteiger partial charge is 0.234 e. The topological polar surface area (TPSA) is 63.4 Å². The standard InChI is InChI=1S/C9H13FN2O2S/c1-3-15(13,14)12(2)7-4-5-8(10)9(11)6-7/h4-6H,3,11H2,1-2H3. The van der Waals surface area contributed by atoms with Crippen molar-refractivity contribution >= 4 is 21.4 Å². The van der Waals surface area contributed by atoms with Gasteiger partial charge >= 0.3 is 0 Å². The second-order valence-electron chi connectivity index (χ2n) is 3.07. The van der Waals surface area contributed by atoms with Gasteiger partial charge in [0.1, 0.15) is 5.82 Å². The number of halogens is 1. The van der Waals surface area contributed by atoms with Gasteiger partial charge in [-0.15, -0.1) is 0 Å². The molecule has 2 N–H and O–H groups in total. The van der Waals surface area contributed by atoms with Gasteiger partial charge in [0.05, 0.1) is 17.1 Å². The summed E-state index contributed by atoms with van der Waals surface area (Å²) >= 11 is 0. The summed E-state index contributed by atoms with van der Waals surface area (Å²) in [5.74, 6) is -0.568. The average molecular weight is 232 g/mol. The van der Waals surface area contributed by atoms with Crippen LogP contribution in [0.5, 0.6) is 0 Å². The fraction of sp³-hybridized carbons (Fsp3) is 0.333. The van der Waals surface area contributed by atoms with E-state index < -0.39 is 15.8 Å². The van der Waals surface area contributed by atoms with Crippen LogP contribution in [-0.2, 0) is 10.0 Å². The van der Waals surface area contributed by atoms with Crippen LogP contribution in [0.1, 0.15) is 6.92 Å². The summed E-state index contributed by atoms with van der Waals surface area (Å²) in [6.45, 7) is 1.54. The fourth-order valence-corrected chi connectivity index (χ4v) is 1.90. The van der Waals surface area contributed by atoms with Gasteiger partial charge in [-0.25, -0.2) is 12.8 Å². The van der Waals surface area contributed by atoms with Crippen molar-refractivity contribution in [3.63, 3.8) is 0 Å². The van der Waals surface area contributed by atoms with Crippen molar-refractivity contribution in [2.45, 2.75) is 6.92 Å². The first kappa shape index (κ1) is 11.8. The number of nitrogens with zero attached hydrogens (tertiary/aromatic N) is 1. The van der Waals surface area contributed by atoms with Crippen LogP contribution in [0.3, 0.4) is 0 Å². The molecule has 0 atom stereocenters. The van der Waals surface area contributed by atoms with E-state index in [1.807, 2.05) is 0 Å². The molecule has 0 aliphatic heterocycles. The van der Waals surface area contributed by atoms with Gasteiger partial charge in [-0.2, -0.15) is 0 Å². The molecule has 0 aliphatic carbocycles. The largest absolute Gasteiger partial charge is 0.396 e. The Hall–Kier alpha value is -1.30. The Balaban J connectivity index is 3.13. The molecule has 0 heterocycles. The van der Waals surface area contributed by atoms with E-state index >= 15 is 0 Å². The van der Waals surface area contributed by atoms with Gasteiger partial charge in [-0.1, -0.05) is 0 Å². The van der Waals surface area contributed by atoms with E-state index in [0.29, 0.717) is 5.69 Å². The minimum absolute atomic E-state index is 0.0131. The van der Waals surface area contributed by atoms with Crippen LogP contribution in [0.4, 0.5) is 15.8 Å². The van der Waals surface area contributed by atoms with Gasteiger partial charge in [0.2, 0.25) is 10.0 Å². The Morgan fingerprint density at radius 1 is 1.47 bits per heavy atom. The third-order valence-corrected chi connectivity index (χ3v) is 3.90. The van der Waals surface area contributed by atoms with Crippen molar-refractivity contribution in [3.05, 3.63) is 24.0 Å². The van der Waals surface area contributed by atoms with Crippen LogP contribution in [-0.4, -0.2) is 21.2 Å². The van der Waals surface area contributed by atoms with Crippen molar-refractivity contribution < 1.29 is 12.8 Å². The first-order chi connectivity index (χ1) is 6.88. The maximum Gasteiger partial charge on any atom is 0.234 e. The van der Waals surface area contributed by atoms with Crippen LogP contribution < -0.4 is 10.0 Å². The van der Waals surface area contributed by atoms with E-state index in [1.165, 1.54) is 19.2 Å². The molecule has 15 heavy (non-hydrogen) atoms. The molecule has 0 bridgehead atoms. The van der Waals surface area contributed by atoms with Crippen molar-refractivity contribution in [3.8, 4) is 0 Å². The molecular weight excluding hydrogens is 219 g/mol. The summed E-state index contributed by atoms with van der Waals surface area (Å²) in [7, 11) is -1.92. The van der Waals surface area contributed by atoms with Crippen LogP contribution in [0.25, 0.3) is 0 Å².